The first-order valence-electron chi connectivity index (χ1n) is 5.94. The van der Waals surface area contributed by atoms with Gasteiger partial charge in [-0.15, -0.1) is 0 Å². The van der Waals surface area contributed by atoms with Crippen LogP contribution in [-0.2, 0) is 4.79 Å². The fourth-order valence-corrected chi connectivity index (χ4v) is 2.89. The maximum absolute atomic E-state index is 12.1. The third kappa shape index (κ3) is 2.80. The van der Waals surface area contributed by atoms with E-state index < -0.39 is 0 Å². The first kappa shape index (κ1) is 12.4. The molecule has 1 amide bonds. The second-order valence-corrected chi connectivity index (χ2v) is 5.60. The van der Waals surface area contributed by atoms with Crippen molar-refractivity contribution in [1.29, 1.82) is 0 Å². The van der Waals surface area contributed by atoms with Crippen molar-refractivity contribution in [3.05, 3.63) is 22.7 Å². The van der Waals surface area contributed by atoms with Crippen molar-refractivity contribution >= 4 is 33.2 Å². The molecule has 92 valence electrons. The van der Waals surface area contributed by atoms with Gasteiger partial charge in [0.2, 0.25) is 5.91 Å². The maximum Gasteiger partial charge on any atom is 0.227 e. The Morgan fingerprint density at radius 3 is 2.82 bits per heavy atom. The Morgan fingerprint density at radius 2 is 2.24 bits per heavy atom. The summed E-state index contributed by atoms with van der Waals surface area (Å²) >= 11 is 3.40. The number of halogens is 1. The van der Waals surface area contributed by atoms with Crippen molar-refractivity contribution in [2.24, 2.45) is 11.8 Å². The molecule has 2 atom stereocenters. The normalized spacial score (nSPS) is 23.6. The minimum atomic E-state index is 0.125. The number of anilines is 2. The van der Waals surface area contributed by atoms with Crippen LogP contribution in [0.2, 0.25) is 0 Å². The fraction of sp³-hybridized carbons (Fsp3) is 0.462. The summed E-state index contributed by atoms with van der Waals surface area (Å²) in [4.78, 5) is 12.1. The Labute approximate surface area is 110 Å². The number of hydrogen-bond donors (Lipinski definition) is 2. The Morgan fingerprint density at radius 1 is 1.47 bits per heavy atom. The van der Waals surface area contributed by atoms with Gasteiger partial charge in [0.25, 0.3) is 0 Å². The molecule has 17 heavy (non-hydrogen) atoms. The van der Waals surface area contributed by atoms with Gasteiger partial charge in [0, 0.05) is 16.1 Å². The molecule has 3 nitrogen and oxygen atoms in total. The van der Waals surface area contributed by atoms with Crippen LogP contribution >= 0.6 is 15.9 Å². The van der Waals surface area contributed by atoms with Crippen LogP contribution in [-0.4, -0.2) is 5.91 Å². The van der Waals surface area contributed by atoms with Crippen molar-refractivity contribution in [3.8, 4) is 0 Å². The van der Waals surface area contributed by atoms with Crippen molar-refractivity contribution < 1.29 is 4.79 Å². The van der Waals surface area contributed by atoms with Gasteiger partial charge < -0.3 is 11.1 Å². The predicted octanol–water partition coefficient (Wildman–Crippen LogP) is 3.41. The summed E-state index contributed by atoms with van der Waals surface area (Å²) in [7, 11) is 0. The first-order chi connectivity index (χ1) is 8.08. The van der Waals surface area contributed by atoms with Crippen LogP contribution in [0.15, 0.2) is 22.7 Å². The molecule has 3 N–H and O–H groups in total. The molecule has 1 aliphatic carbocycles. The van der Waals surface area contributed by atoms with Crippen molar-refractivity contribution in [2.45, 2.75) is 26.2 Å². The molecule has 0 spiro atoms. The highest BCUT2D eigenvalue weighted by Crippen LogP contribution is 2.33. The van der Waals surface area contributed by atoms with Gasteiger partial charge >= 0.3 is 0 Å². The average molecular weight is 297 g/mol. The number of rotatable bonds is 2. The van der Waals surface area contributed by atoms with Gasteiger partial charge in [-0.2, -0.15) is 0 Å². The zero-order chi connectivity index (χ0) is 12.4. The number of hydrogen-bond acceptors (Lipinski definition) is 2. The number of nitrogen functional groups attached to an aromatic ring is 1. The Kier molecular flexibility index (Phi) is 3.72. The van der Waals surface area contributed by atoms with E-state index in [1.165, 1.54) is 0 Å². The monoisotopic (exact) mass is 296 g/mol. The number of carbonyl (C=O) groups is 1. The summed E-state index contributed by atoms with van der Waals surface area (Å²) in [5.74, 6) is 0.766. The van der Waals surface area contributed by atoms with E-state index in [-0.39, 0.29) is 11.8 Å². The lowest BCUT2D eigenvalue weighted by molar-refractivity contribution is -0.120. The molecule has 1 aromatic carbocycles. The molecule has 0 bridgehead atoms. The predicted molar refractivity (Wildman–Crippen MR) is 73.7 cm³/mol. The quantitative estimate of drug-likeness (QED) is 0.822. The zero-order valence-corrected chi connectivity index (χ0v) is 11.5. The molecule has 1 aromatic rings. The molecule has 1 fully saturated rings. The average Bonchev–Trinajstić information content (AvgIpc) is 2.68. The van der Waals surface area contributed by atoms with E-state index in [2.05, 4.69) is 28.2 Å². The summed E-state index contributed by atoms with van der Waals surface area (Å²) in [5.41, 5.74) is 7.14. The second kappa shape index (κ2) is 5.08. The van der Waals surface area contributed by atoms with E-state index in [1.54, 1.807) is 12.1 Å². The van der Waals surface area contributed by atoms with Crippen molar-refractivity contribution in [1.82, 2.24) is 0 Å². The smallest absolute Gasteiger partial charge is 0.227 e. The number of nitrogens with two attached hydrogens (primary N) is 1. The first-order valence-corrected chi connectivity index (χ1v) is 6.73. The lowest BCUT2D eigenvalue weighted by Crippen LogP contribution is -2.24. The Balaban J connectivity index is 2.07. The highest BCUT2D eigenvalue weighted by Gasteiger charge is 2.29. The van der Waals surface area contributed by atoms with Gasteiger partial charge in [-0.25, -0.2) is 0 Å². The van der Waals surface area contributed by atoms with E-state index in [0.717, 1.165) is 29.4 Å². The van der Waals surface area contributed by atoms with Gasteiger partial charge in [0.05, 0.1) is 5.69 Å². The molecule has 2 unspecified atom stereocenters. The fourth-order valence-electron chi connectivity index (χ4n) is 2.39. The van der Waals surface area contributed by atoms with Crippen LogP contribution in [0.25, 0.3) is 0 Å². The molecule has 1 saturated carbocycles. The highest BCUT2D eigenvalue weighted by molar-refractivity contribution is 9.10. The third-order valence-electron chi connectivity index (χ3n) is 3.45. The van der Waals surface area contributed by atoms with Crippen molar-refractivity contribution in [3.63, 3.8) is 0 Å². The van der Waals surface area contributed by atoms with E-state index >= 15 is 0 Å². The van der Waals surface area contributed by atoms with E-state index in [1.807, 2.05) is 6.07 Å². The summed E-state index contributed by atoms with van der Waals surface area (Å²) in [6, 6.07) is 5.42. The van der Waals surface area contributed by atoms with Gasteiger partial charge in [-0.1, -0.05) is 13.3 Å². The van der Waals surface area contributed by atoms with Crippen LogP contribution in [0.5, 0.6) is 0 Å². The molecule has 0 heterocycles. The number of carbonyl (C=O) groups excluding carboxylic acids is 1. The topological polar surface area (TPSA) is 55.1 Å². The standard InChI is InChI=1S/C13H17BrN2O/c1-8-3-2-4-10(8)13(17)16-12-6-5-9(15)7-11(12)14/h5-8,10H,2-4,15H2,1H3,(H,16,17). The molecule has 2 rings (SSSR count). The van der Waals surface area contributed by atoms with Crippen LogP contribution < -0.4 is 11.1 Å². The van der Waals surface area contributed by atoms with Crippen LogP contribution in [0.3, 0.4) is 0 Å². The summed E-state index contributed by atoms with van der Waals surface area (Å²) in [6.07, 6.45) is 3.31. The van der Waals surface area contributed by atoms with E-state index in [0.29, 0.717) is 11.6 Å². The van der Waals surface area contributed by atoms with Gasteiger partial charge in [0.15, 0.2) is 0 Å². The lowest BCUT2D eigenvalue weighted by Gasteiger charge is -2.16. The second-order valence-electron chi connectivity index (χ2n) is 4.74. The van der Waals surface area contributed by atoms with Crippen molar-refractivity contribution in [2.75, 3.05) is 11.1 Å². The largest absolute Gasteiger partial charge is 0.399 e. The molecule has 1 aliphatic rings. The molecule has 0 saturated heterocycles. The van der Waals surface area contributed by atoms with E-state index in [4.69, 9.17) is 5.73 Å². The molecule has 0 aliphatic heterocycles. The SMILES string of the molecule is CC1CCCC1C(=O)Nc1ccc(N)cc1Br. The number of nitrogens with one attached hydrogen (secondary N) is 1. The molecule has 0 radical (unpaired) electrons. The summed E-state index contributed by atoms with van der Waals surface area (Å²) in [6.45, 7) is 2.15. The Hall–Kier alpha value is -1.03. The molecular weight excluding hydrogens is 280 g/mol. The highest BCUT2D eigenvalue weighted by atomic mass is 79.9. The molecule has 0 aromatic heterocycles. The summed E-state index contributed by atoms with van der Waals surface area (Å²) < 4.78 is 0.830. The summed E-state index contributed by atoms with van der Waals surface area (Å²) in [5, 5.41) is 2.97. The zero-order valence-electron chi connectivity index (χ0n) is 9.87. The van der Waals surface area contributed by atoms with Crippen LogP contribution in [0.1, 0.15) is 26.2 Å². The van der Waals surface area contributed by atoms with Crippen LogP contribution in [0, 0.1) is 11.8 Å². The van der Waals surface area contributed by atoms with Gasteiger partial charge in [-0.3, -0.25) is 4.79 Å². The maximum atomic E-state index is 12.1. The molecular formula is C13H17BrN2O. The lowest BCUT2D eigenvalue weighted by atomic mass is 9.97. The molecule has 4 heteroatoms. The Bertz CT molecular complexity index is 433. The van der Waals surface area contributed by atoms with Gasteiger partial charge in [-0.05, 0) is 52.9 Å². The van der Waals surface area contributed by atoms with Crippen LogP contribution in [0.4, 0.5) is 11.4 Å². The minimum Gasteiger partial charge on any atom is -0.399 e. The van der Waals surface area contributed by atoms with Gasteiger partial charge in [0.1, 0.15) is 0 Å². The van der Waals surface area contributed by atoms with E-state index in [9.17, 15) is 4.79 Å². The third-order valence-corrected chi connectivity index (χ3v) is 4.11. The number of amides is 1. The number of benzene rings is 1. The minimum absolute atomic E-state index is 0.125.